The van der Waals surface area contributed by atoms with Gasteiger partial charge in [-0.3, -0.25) is 0 Å². The van der Waals surface area contributed by atoms with Gasteiger partial charge in [0, 0.05) is 10.8 Å². The van der Waals surface area contributed by atoms with Crippen molar-refractivity contribution in [2.24, 2.45) is 0 Å². The molecular weight excluding hydrogens is 364 g/mol. The number of rotatable bonds is 1. The summed E-state index contributed by atoms with van der Waals surface area (Å²) in [6, 6.07) is 28.7. The first kappa shape index (κ1) is 17.3. The van der Waals surface area contributed by atoms with E-state index >= 15 is 0 Å². The summed E-state index contributed by atoms with van der Waals surface area (Å²) in [4.78, 5) is 0. The lowest BCUT2D eigenvalue weighted by Gasteiger charge is -2.17. The molecule has 6 aromatic rings. The Kier molecular flexibility index (Phi) is 3.58. The molecule has 0 aromatic heterocycles. The Balaban J connectivity index is 2.05. The molecule has 0 unspecified atom stereocenters. The molecular formula is C29H22O. The van der Waals surface area contributed by atoms with Gasteiger partial charge in [0.15, 0.2) is 0 Å². The van der Waals surface area contributed by atoms with Crippen molar-refractivity contribution in [3.63, 3.8) is 0 Å². The number of benzene rings is 6. The molecule has 0 amide bonds. The fraction of sp³-hybridized carbons (Fsp3) is 0.103. The molecule has 0 aliphatic carbocycles. The first-order valence-electron chi connectivity index (χ1n) is 10.4. The van der Waals surface area contributed by atoms with Crippen molar-refractivity contribution in [1.82, 2.24) is 0 Å². The predicted molar refractivity (Wildman–Crippen MR) is 130 cm³/mol. The van der Waals surface area contributed by atoms with Crippen LogP contribution in [-0.2, 0) is 0 Å². The highest BCUT2D eigenvalue weighted by Crippen LogP contribution is 2.43. The second kappa shape index (κ2) is 6.21. The summed E-state index contributed by atoms with van der Waals surface area (Å²) in [6.45, 7) is 4.43. The monoisotopic (exact) mass is 386 g/mol. The van der Waals surface area contributed by atoms with E-state index in [-0.39, 0.29) is 0 Å². The maximum Gasteiger partial charge on any atom is 0.127 e. The maximum absolute atomic E-state index is 5.85. The van der Waals surface area contributed by atoms with Gasteiger partial charge in [0.2, 0.25) is 0 Å². The van der Waals surface area contributed by atoms with Crippen molar-refractivity contribution >= 4 is 53.9 Å². The highest BCUT2D eigenvalue weighted by Gasteiger charge is 2.16. The minimum Gasteiger partial charge on any atom is -0.496 e. The smallest absolute Gasteiger partial charge is 0.127 e. The molecule has 0 atom stereocenters. The fourth-order valence-corrected chi connectivity index (χ4v) is 5.19. The molecule has 30 heavy (non-hydrogen) atoms. The van der Waals surface area contributed by atoms with Crippen LogP contribution < -0.4 is 4.74 Å². The number of fused-ring (bicyclic) bond motifs is 9. The van der Waals surface area contributed by atoms with Gasteiger partial charge in [-0.1, -0.05) is 72.8 Å². The number of hydrogen-bond acceptors (Lipinski definition) is 1. The van der Waals surface area contributed by atoms with E-state index in [1.54, 1.807) is 7.11 Å². The van der Waals surface area contributed by atoms with E-state index in [0.29, 0.717) is 0 Å². The summed E-state index contributed by atoms with van der Waals surface area (Å²) in [5, 5.41) is 12.8. The van der Waals surface area contributed by atoms with Gasteiger partial charge in [0.25, 0.3) is 0 Å². The van der Waals surface area contributed by atoms with Gasteiger partial charge in [0.1, 0.15) is 5.75 Å². The van der Waals surface area contributed by atoms with Crippen molar-refractivity contribution in [3.05, 3.63) is 90.0 Å². The minimum absolute atomic E-state index is 0.930. The molecule has 0 bridgehead atoms. The van der Waals surface area contributed by atoms with Crippen molar-refractivity contribution in [2.45, 2.75) is 13.8 Å². The molecule has 0 aliphatic rings. The molecule has 0 fully saturated rings. The zero-order valence-corrected chi connectivity index (χ0v) is 17.4. The van der Waals surface area contributed by atoms with E-state index in [9.17, 15) is 0 Å². The Labute approximate surface area is 175 Å². The molecule has 0 aliphatic heterocycles. The van der Waals surface area contributed by atoms with Gasteiger partial charge in [-0.25, -0.2) is 0 Å². The minimum atomic E-state index is 0.930. The molecule has 6 aromatic carbocycles. The number of ether oxygens (including phenoxy) is 1. The predicted octanol–water partition coefficient (Wildman–Crippen LogP) is 8.08. The second-order valence-corrected chi connectivity index (χ2v) is 8.24. The Morgan fingerprint density at radius 2 is 1.13 bits per heavy atom. The van der Waals surface area contributed by atoms with Crippen LogP contribution in [0.25, 0.3) is 53.9 Å². The van der Waals surface area contributed by atoms with Crippen molar-refractivity contribution in [1.29, 1.82) is 0 Å². The van der Waals surface area contributed by atoms with Crippen LogP contribution in [-0.4, -0.2) is 7.11 Å². The Hall–Kier alpha value is -3.58. The van der Waals surface area contributed by atoms with Gasteiger partial charge >= 0.3 is 0 Å². The van der Waals surface area contributed by atoms with Gasteiger partial charge in [0.05, 0.1) is 7.11 Å². The van der Waals surface area contributed by atoms with Gasteiger partial charge < -0.3 is 4.74 Å². The lowest BCUT2D eigenvalue weighted by molar-refractivity contribution is 0.420. The summed E-state index contributed by atoms with van der Waals surface area (Å²) in [6.07, 6.45) is 0. The fourth-order valence-electron chi connectivity index (χ4n) is 5.19. The lowest BCUT2D eigenvalue weighted by atomic mass is 9.87. The van der Waals surface area contributed by atoms with E-state index in [4.69, 9.17) is 4.74 Å². The van der Waals surface area contributed by atoms with Crippen molar-refractivity contribution in [2.75, 3.05) is 7.11 Å². The van der Waals surface area contributed by atoms with Crippen molar-refractivity contribution < 1.29 is 4.74 Å². The average Bonchev–Trinajstić information content (AvgIpc) is 2.77. The largest absolute Gasteiger partial charge is 0.496 e. The summed E-state index contributed by atoms with van der Waals surface area (Å²) < 4.78 is 5.85. The molecule has 144 valence electrons. The first-order valence-corrected chi connectivity index (χ1v) is 10.4. The number of aryl methyl sites for hydroxylation is 2. The Morgan fingerprint density at radius 1 is 0.500 bits per heavy atom. The summed E-state index contributed by atoms with van der Waals surface area (Å²) in [5.74, 6) is 0.930. The maximum atomic E-state index is 5.85. The van der Waals surface area contributed by atoms with E-state index < -0.39 is 0 Å². The molecule has 0 spiro atoms. The highest BCUT2D eigenvalue weighted by atomic mass is 16.5. The SMILES string of the molecule is COc1cccc2cc(C)c3ccc4cc(C)c5ccc6ccccc6c5c4c3c12. The summed E-state index contributed by atoms with van der Waals surface area (Å²) in [7, 11) is 1.77. The standard InChI is InChI=1S/C29H22O/c1-17-16-21-12-14-23-18(2)15-20-8-6-10-25(30-3)26(20)29(23)27(21)28-22(17)13-11-19-7-4-5-9-24(19)28/h4-16H,1-3H3. The summed E-state index contributed by atoms with van der Waals surface area (Å²) in [5.41, 5.74) is 2.60. The molecule has 1 heteroatoms. The molecule has 0 heterocycles. The van der Waals surface area contributed by atoms with Gasteiger partial charge in [-0.05, 0) is 74.1 Å². The third-order valence-electron chi connectivity index (χ3n) is 6.54. The van der Waals surface area contributed by atoms with Crippen molar-refractivity contribution in [3.8, 4) is 5.75 Å². The Bertz CT molecular complexity index is 1640. The van der Waals surface area contributed by atoms with Gasteiger partial charge in [-0.15, -0.1) is 0 Å². The molecule has 6 rings (SSSR count). The normalized spacial score (nSPS) is 11.8. The number of hydrogen-bond donors (Lipinski definition) is 0. The van der Waals surface area contributed by atoms with Crippen LogP contribution in [0.15, 0.2) is 78.9 Å². The van der Waals surface area contributed by atoms with E-state index in [2.05, 4.69) is 92.7 Å². The zero-order valence-electron chi connectivity index (χ0n) is 17.4. The molecule has 0 saturated heterocycles. The van der Waals surface area contributed by atoms with Crippen LogP contribution >= 0.6 is 0 Å². The van der Waals surface area contributed by atoms with Crippen LogP contribution in [0.1, 0.15) is 11.1 Å². The van der Waals surface area contributed by atoms with E-state index in [1.165, 1.54) is 65.0 Å². The zero-order chi connectivity index (χ0) is 20.4. The molecule has 1 nitrogen and oxygen atoms in total. The third-order valence-corrected chi connectivity index (χ3v) is 6.54. The molecule has 0 saturated carbocycles. The van der Waals surface area contributed by atoms with E-state index in [0.717, 1.165) is 5.75 Å². The Morgan fingerprint density at radius 3 is 1.90 bits per heavy atom. The van der Waals surface area contributed by atoms with Crippen LogP contribution in [0.3, 0.4) is 0 Å². The van der Waals surface area contributed by atoms with Gasteiger partial charge in [-0.2, -0.15) is 0 Å². The van der Waals surface area contributed by atoms with Crippen LogP contribution in [0.4, 0.5) is 0 Å². The van der Waals surface area contributed by atoms with Crippen LogP contribution in [0.5, 0.6) is 5.75 Å². The first-order chi connectivity index (χ1) is 14.7. The van der Waals surface area contributed by atoms with E-state index in [1.807, 2.05) is 0 Å². The highest BCUT2D eigenvalue weighted by molar-refractivity contribution is 6.33. The number of methoxy groups -OCH3 is 1. The van der Waals surface area contributed by atoms with Crippen LogP contribution in [0.2, 0.25) is 0 Å². The second-order valence-electron chi connectivity index (χ2n) is 8.24. The van der Waals surface area contributed by atoms with Crippen LogP contribution in [0, 0.1) is 13.8 Å². The summed E-state index contributed by atoms with van der Waals surface area (Å²) >= 11 is 0. The molecule has 0 radical (unpaired) electrons. The quantitative estimate of drug-likeness (QED) is 0.260. The lowest BCUT2D eigenvalue weighted by Crippen LogP contribution is -1.91. The third kappa shape index (κ3) is 2.23. The molecule has 0 N–H and O–H groups in total. The average molecular weight is 386 g/mol. The topological polar surface area (TPSA) is 9.23 Å².